The lowest BCUT2D eigenvalue weighted by Crippen LogP contribution is -2.24. The summed E-state index contributed by atoms with van der Waals surface area (Å²) in [5.74, 6) is -0.186. The topological polar surface area (TPSA) is 65.7 Å². The number of furan rings is 1. The second kappa shape index (κ2) is 7.21. The van der Waals surface area contributed by atoms with Gasteiger partial charge in [-0.05, 0) is 50.2 Å². The summed E-state index contributed by atoms with van der Waals surface area (Å²) in [5, 5.41) is 0.806. The number of rotatable bonds is 6. The Hall–Kier alpha value is -3.08. The summed E-state index contributed by atoms with van der Waals surface area (Å²) in [6, 6.07) is 15.6. The maximum absolute atomic E-state index is 12.4. The molecule has 0 N–H and O–H groups in total. The van der Waals surface area contributed by atoms with Crippen LogP contribution in [0.5, 0.6) is 5.75 Å². The average molecular weight is 338 g/mol. The Kier molecular flexibility index (Phi) is 4.84. The molecule has 25 heavy (non-hydrogen) atoms. The average Bonchev–Trinajstić information content (AvgIpc) is 3.06. The number of hydrogen-bond acceptors (Lipinski definition) is 5. The van der Waals surface area contributed by atoms with E-state index in [9.17, 15) is 9.59 Å². The highest BCUT2D eigenvalue weighted by Gasteiger charge is 2.22. The van der Waals surface area contributed by atoms with Gasteiger partial charge in [0.05, 0.1) is 6.61 Å². The molecule has 0 saturated carbocycles. The summed E-state index contributed by atoms with van der Waals surface area (Å²) in [5.41, 5.74) is 1.05. The number of Topliss-reactive ketones (excluding diaryl/α,β-unsaturated/α-hetero) is 1. The minimum absolute atomic E-state index is 0.0764. The lowest BCUT2D eigenvalue weighted by atomic mass is 10.1. The molecule has 3 aromatic rings. The summed E-state index contributed by atoms with van der Waals surface area (Å²) in [6.07, 6.45) is -0.918. The van der Waals surface area contributed by atoms with Crippen molar-refractivity contribution in [2.24, 2.45) is 0 Å². The minimum atomic E-state index is -0.918. The van der Waals surface area contributed by atoms with Gasteiger partial charge < -0.3 is 13.9 Å². The third-order valence-electron chi connectivity index (χ3n) is 3.73. The largest absolute Gasteiger partial charge is 0.494 e. The molecule has 1 aromatic heterocycles. The highest BCUT2D eigenvalue weighted by atomic mass is 16.6. The Balaban J connectivity index is 1.68. The normalized spacial score (nSPS) is 11.9. The second-order valence-electron chi connectivity index (χ2n) is 5.52. The predicted molar refractivity (Wildman–Crippen MR) is 93.0 cm³/mol. The van der Waals surface area contributed by atoms with Gasteiger partial charge in [-0.3, -0.25) is 4.79 Å². The van der Waals surface area contributed by atoms with E-state index in [-0.39, 0.29) is 11.5 Å². The summed E-state index contributed by atoms with van der Waals surface area (Å²) in [7, 11) is 0. The molecular formula is C20H18O5. The van der Waals surface area contributed by atoms with Crippen LogP contribution in [0.4, 0.5) is 0 Å². The smallest absolute Gasteiger partial charge is 0.374 e. The molecular weight excluding hydrogens is 320 g/mol. The molecule has 0 fully saturated rings. The van der Waals surface area contributed by atoms with Crippen molar-refractivity contribution in [3.8, 4) is 5.75 Å². The molecule has 0 saturated heterocycles. The van der Waals surface area contributed by atoms with Crippen LogP contribution in [0, 0.1) is 0 Å². The first-order valence-electron chi connectivity index (χ1n) is 8.05. The van der Waals surface area contributed by atoms with Gasteiger partial charge in [0, 0.05) is 10.9 Å². The fraction of sp³-hybridized carbons (Fsp3) is 0.200. The Morgan fingerprint density at radius 1 is 1.08 bits per heavy atom. The molecule has 0 unspecified atom stereocenters. The Morgan fingerprint density at radius 2 is 1.80 bits per heavy atom. The van der Waals surface area contributed by atoms with Gasteiger partial charge in [0.1, 0.15) is 11.3 Å². The van der Waals surface area contributed by atoms with Crippen molar-refractivity contribution >= 4 is 22.7 Å². The monoisotopic (exact) mass is 338 g/mol. The fourth-order valence-corrected chi connectivity index (χ4v) is 2.47. The molecule has 128 valence electrons. The van der Waals surface area contributed by atoms with Crippen LogP contribution in [0.15, 0.2) is 59.0 Å². The number of hydrogen-bond donors (Lipinski definition) is 0. The van der Waals surface area contributed by atoms with Gasteiger partial charge in [-0.25, -0.2) is 4.79 Å². The highest BCUT2D eigenvalue weighted by molar-refractivity contribution is 6.01. The molecule has 1 heterocycles. The lowest BCUT2D eigenvalue weighted by molar-refractivity contribution is 0.0291. The zero-order valence-corrected chi connectivity index (χ0v) is 14.0. The van der Waals surface area contributed by atoms with E-state index in [1.807, 2.05) is 25.1 Å². The molecule has 0 aliphatic heterocycles. The number of esters is 1. The predicted octanol–water partition coefficient (Wildman–Crippen LogP) is 4.26. The van der Waals surface area contributed by atoms with Crippen molar-refractivity contribution < 1.29 is 23.5 Å². The summed E-state index contributed by atoms with van der Waals surface area (Å²) in [4.78, 5) is 24.6. The molecule has 0 bridgehead atoms. The van der Waals surface area contributed by atoms with E-state index >= 15 is 0 Å². The van der Waals surface area contributed by atoms with Gasteiger partial charge in [-0.15, -0.1) is 0 Å². The highest BCUT2D eigenvalue weighted by Crippen LogP contribution is 2.20. The van der Waals surface area contributed by atoms with Crippen LogP contribution in [-0.2, 0) is 4.74 Å². The van der Waals surface area contributed by atoms with Gasteiger partial charge in [-0.1, -0.05) is 18.2 Å². The first-order chi connectivity index (χ1) is 12.1. The van der Waals surface area contributed by atoms with Crippen molar-refractivity contribution in [3.63, 3.8) is 0 Å². The standard InChI is InChI=1S/C20H18O5/c1-3-23-16-10-8-14(9-11-16)19(21)13(2)24-20(22)18-12-15-6-4-5-7-17(15)25-18/h4-13H,3H2,1-2H3/t13-/m0/s1. The van der Waals surface area contributed by atoms with Crippen molar-refractivity contribution in [1.82, 2.24) is 0 Å². The number of carbonyl (C=O) groups is 2. The number of carbonyl (C=O) groups excluding carboxylic acids is 2. The molecule has 3 rings (SSSR count). The van der Waals surface area contributed by atoms with E-state index in [4.69, 9.17) is 13.9 Å². The van der Waals surface area contributed by atoms with E-state index in [1.54, 1.807) is 43.3 Å². The number of para-hydroxylation sites is 1. The van der Waals surface area contributed by atoms with Crippen LogP contribution in [0.2, 0.25) is 0 Å². The molecule has 0 aliphatic rings. The molecule has 2 aromatic carbocycles. The number of ether oxygens (including phenoxy) is 2. The van der Waals surface area contributed by atoms with Crippen LogP contribution < -0.4 is 4.74 Å². The van der Waals surface area contributed by atoms with Crippen molar-refractivity contribution in [3.05, 3.63) is 65.9 Å². The third kappa shape index (κ3) is 3.71. The van der Waals surface area contributed by atoms with Crippen molar-refractivity contribution in [2.75, 3.05) is 6.61 Å². The number of ketones is 1. The van der Waals surface area contributed by atoms with Crippen LogP contribution in [0.25, 0.3) is 11.0 Å². The second-order valence-corrected chi connectivity index (χ2v) is 5.52. The van der Waals surface area contributed by atoms with Gasteiger partial charge in [0.15, 0.2) is 6.10 Å². The molecule has 0 radical (unpaired) electrons. The summed E-state index contributed by atoms with van der Waals surface area (Å²) < 4.78 is 16.0. The zero-order valence-electron chi connectivity index (χ0n) is 14.0. The van der Waals surface area contributed by atoms with Gasteiger partial charge >= 0.3 is 5.97 Å². The van der Waals surface area contributed by atoms with Crippen LogP contribution in [0.3, 0.4) is 0 Å². The maximum Gasteiger partial charge on any atom is 0.374 e. The lowest BCUT2D eigenvalue weighted by Gasteiger charge is -2.11. The van der Waals surface area contributed by atoms with Crippen molar-refractivity contribution in [1.29, 1.82) is 0 Å². The van der Waals surface area contributed by atoms with E-state index < -0.39 is 12.1 Å². The Labute approximate surface area is 145 Å². The SMILES string of the molecule is CCOc1ccc(C(=O)[C@H](C)OC(=O)c2cc3ccccc3o2)cc1. The molecule has 5 nitrogen and oxygen atoms in total. The number of fused-ring (bicyclic) bond motifs is 1. The quantitative estimate of drug-likeness (QED) is 0.496. The minimum Gasteiger partial charge on any atom is -0.494 e. The fourth-order valence-electron chi connectivity index (χ4n) is 2.47. The molecule has 0 amide bonds. The first-order valence-corrected chi connectivity index (χ1v) is 8.05. The zero-order chi connectivity index (χ0) is 17.8. The molecule has 5 heteroatoms. The van der Waals surface area contributed by atoms with Gasteiger partial charge in [0.2, 0.25) is 11.5 Å². The van der Waals surface area contributed by atoms with E-state index in [1.165, 1.54) is 0 Å². The number of benzene rings is 2. The van der Waals surface area contributed by atoms with Gasteiger partial charge in [-0.2, -0.15) is 0 Å². The van der Waals surface area contributed by atoms with E-state index in [2.05, 4.69) is 0 Å². The molecule has 0 spiro atoms. The van der Waals surface area contributed by atoms with E-state index in [0.717, 1.165) is 5.39 Å². The van der Waals surface area contributed by atoms with Crippen LogP contribution in [0.1, 0.15) is 34.8 Å². The van der Waals surface area contributed by atoms with Gasteiger partial charge in [0.25, 0.3) is 0 Å². The van der Waals surface area contributed by atoms with Crippen LogP contribution >= 0.6 is 0 Å². The Bertz CT molecular complexity index is 859. The Morgan fingerprint density at radius 3 is 2.48 bits per heavy atom. The molecule has 1 atom stereocenters. The first kappa shape index (κ1) is 16.8. The summed E-state index contributed by atoms with van der Waals surface area (Å²) >= 11 is 0. The van der Waals surface area contributed by atoms with E-state index in [0.29, 0.717) is 23.5 Å². The van der Waals surface area contributed by atoms with Crippen molar-refractivity contribution in [2.45, 2.75) is 20.0 Å². The molecule has 0 aliphatic carbocycles. The third-order valence-corrected chi connectivity index (χ3v) is 3.73. The maximum atomic E-state index is 12.4. The summed E-state index contributed by atoms with van der Waals surface area (Å²) in [6.45, 7) is 3.98. The van der Waals surface area contributed by atoms with Crippen LogP contribution in [-0.4, -0.2) is 24.5 Å².